The largest absolute Gasteiger partial charge is 0.147 e. The molecule has 0 spiro atoms. The van der Waals surface area contributed by atoms with Crippen LogP contribution in [0.25, 0.3) is 6.08 Å². The van der Waals surface area contributed by atoms with Crippen LogP contribution in [0.4, 0.5) is 0 Å². The molecule has 0 aliphatic heterocycles. The van der Waals surface area contributed by atoms with Crippen molar-refractivity contribution in [1.82, 2.24) is 0 Å². The normalized spacial score (nSPS) is 19.6. The van der Waals surface area contributed by atoms with Crippen molar-refractivity contribution in [2.24, 2.45) is 0 Å². The van der Waals surface area contributed by atoms with E-state index in [9.17, 15) is 0 Å². The molecule has 1 aromatic rings. The smallest absolute Gasteiger partial charge is 0.147 e. The van der Waals surface area contributed by atoms with Crippen LogP contribution in [0, 0.1) is 0 Å². The molecule has 0 radical (unpaired) electrons. The van der Waals surface area contributed by atoms with Gasteiger partial charge in [-0.05, 0) is 0 Å². The number of hydrogen-bond donors (Lipinski definition) is 0. The Morgan fingerprint density at radius 2 is 1.95 bits per heavy atom. The van der Waals surface area contributed by atoms with Crippen LogP contribution >= 0.6 is 24.8 Å². The van der Waals surface area contributed by atoms with E-state index in [1.165, 1.54) is 16.1 Å². The van der Waals surface area contributed by atoms with Crippen LogP contribution in [0.15, 0.2) is 51.9 Å². The molecule has 0 saturated carbocycles. The Hall–Kier alpha value is 0.120. The van der Waals surface area contributed by atoms with Crippen molar-refractivity contribution < 1.29 is 17.4 Å². The number of fused-ring (bicyclic) bond motifs is 1. The van der Waals surface area contributed by atoms with Crippen molar-refractivity contribution in [3.05, 3.63) is 63.0 Å². The van der Waals surface area contributed by atoms with Crippen molar-refractivity contribution in [2.75, 3.05) is 0 Å². The molecule has 4 heteroatoms. The van der Waals surface area contributed by atoms with Crippen LogP contribution in [0.2, 0.25) is 8.76 Å². The first kappa shape index (κ1) is 19.2. The van der Waals surface area contributed by atoms with Gasteiger partial charge in [-0.1, -0.05) is 0 Å². The number of allylic oxidation sites excluding steroid dienone is 5. The van der Waals surface area contributed by atoms with Crippen molar-refractivity contribution in [3.8, 4) is 0 Å². The van der Waals surface area contributed by atoms with Gasteiger partial charge < -0.3 is 0 Å². The summed E-state index contributed by atoms with van der Waals surface area (Å²) in [6.07, 6.45) is 13.1. The zero-order chi connectivity index (χ0) is 13.5. The van der Waals surface area contributed by atoms with Crippen LogP contribution in [0.5, 0.6) is 0 Å². The molecule has 0 fully saturated rings. The van der Waals surface area contributed by atoms with E-state index >= 15 is 0 Å². The fourth-order valence-electron chi connectivity index (χ4n) is 3.63. The standard InChI is InChI=1S/C9H7.C5H5.C2H5.CH3.2ClH.H2Si.Zr/c1-2-5-9-7-3-6-8(9)4-1;1-2-4-5-3-1;1-2;;;;;/h1-7H;1-3H,4H2;1H2,2H3;1H3;2*1H;1H2;. The van der Waals surface area contributed by atoms with E-state index in [2.05, 4.69) is 73.1 Å². The maximum absolute atomic E-state index is 2.88. The van der Waals surface area contributed by atoms with Crippen molar-refractivity contribution in [3.63, 3.8) is 0 Å². The van der Waals surface area contributed by atoms with Gasteiger partial charge in [-0.2, -0.15) is 0 Å². The van der Waals surface area contributed by atoms with Gasteiger partial charge in [0, 0.05) is 0 Å². The molecule has 2 aliphatic rings. The molecule has 21 heavy (non-hydrogen) atoms. The molecule has 1 atom stereocenters. The second kappa shape index (κ2) is 6.71. The maximum Gasteiger partial charge on any atom is -0.147 e. The fourth-order valence-corrected chi connectivity index (χ4v) is 18.2. The van der Waals surface area contributed by atoms with Crippen LogP contribution in [-0.2, 0) is 17.4 Å². The summed E-state index contributed by atoms with van der Waals surface area (Å²) in [5, 5.41) is 0. The summed E-state index contributed by atoms with van der Waals surface area (Å²) in [4.78, 5) is 0. The monoisotopic (exact) mass is 416 g/mol. The van der Waals surface area contributed by atoms with Crippen molar-refractivity contribution >= 4 is 37.8 Å². The average Bonchev–Trinajstić information content (AvgIpc) is 3.09. The maximum atomic E-state index is 2.66. The van der Waals surface area contributed by atoms with Gasteiger partial charge in [-0.15, -0.1) is 24.8 Å². The average molecular weight is 419 g/mol. The van der Waals surface area contributed by atoms with E-state index in [-0.39, 0.29) is 24.8 Å². The molecule has 0 heterocycles. The van der Waals surface area contributed by atoms with E-state index in [4.69, 9.17) is 0 Å². The summed E-state index contributed by atoms with van der Waals surface area (Å²) < 4.78 is 6.52. The third-order valence-corrected chi connectivity index (χ3v) is 29.8. The minimum absolute atomic E-state index is 0. The Morgan fingerprint density at radius 1 is 1.24 bits per heavy atom. The quantitative estimate of drug-likeness (QED) is 0.595. The van der Waals surface area contributed by atoms with Crippen molar-refractivity contribution in [2.45, 2.75) is 25.7 Å². The number of hydrogen-bond acceptors (Lipinski definition) is 0. The zero-order valence-corrected chi connectivity index (χ0v) is 18.2. The molecule has 0 saturated heterocycles. The predicted molar refractivity (Wildman–Crippen MR) is 99.4 cm³/mol. The molecule has 0 N–H and O–H groups in total. The van der Waals surface area contributed by atoms with Gasteiger partial charge >= 0.3 is 119 Å². The molecule has 0 amide bonds. The second-order valence-electron chi connectivity index (χ2n) is 6.55. The molecule has 1 unspecified atom stereocenters. The summed E-state index contributed by atoms with van der Waals surface area (Å²) in [5.74, 6) is 0. The number of halogens is 2. The SMILES string of the molecule is C[CH2][Zr]([CH3])(=[SiH2])([C]1=CC=CC1)[CH]1C=Cc2ccccc21.Cl.Cl. The third-order valence-electron chi connectivity index (χ3n) is 5.42. The zero-order valence-electron chi connectivity index (χ0n) is 12.7. The molecule has 0 nitrogen and oxygen atoms in total. The van der Waals surface area contributed by atoms with Crippen LogP contribution in [0.1, 0.15) is 28.1 Å². The van der Waals surface area contributed by atoms with Gasteiger partial charge in [0.05, 0.1) is 0 Å². The van der Waals surface area contributed by atoms with E-state index in [0.29, 0.717) is 3.63 Å². The predicted octanol–water partition coefficient (Wildman–Crippen LogP) is 5.17. The van der Waals surface area contributed by atoms with Crippen LogP contribution < -0.4 is 0 Å². The Bertz CT molecular complexity index is 688. The van der Waals surface area contributed by atoms with Gasteiger partial charge in [0.15, 0.2) is 0 Å². The first-order chi connectivity index (χ1) is 9.05. The minimum Gasteiger partial charge on any atom is -0.147 e. The molecule has 0 bridgehead atoms. The van der Waals surface area contributed by atoms with Crippen LogP contribution in [-0.4, -0.2) is 6.88 Å². The summed E-state index contributed by atoms with van der Waals surface area (Å²) >= 11 is -2.88. The molecular formula is C17H24Cl2SiZr. The van der Waals surface area contributed by atoms with Gasteiger partial charge in [0.2, 0.25) is 0 Å². The molecule has 2 aliphatic carbocycles. The fraction of sp³-hybridized carbons (Fsp3) is 0.294. The molecular weight excluding hydrogens is 394 g/mol. The van der Waals surface area contributed by atoms with Gasteiger partial charge in [0.25, 0.3) is 0 Å². The first-order valence-corrected chi connectivity index (χ1v) is 20.0. The summed E-state index contributed by atoms with van der Waals surface area (Å²) in [6.45, 7) is 4.82. The topological polar surface area (TPSA) is 0 Å². The number of rotatable bonds is 3. The van der Waals surface area contributed by atoms with Crippen LogP contribution in [0.3, 0.4) is 0 Å². The minimum atomic E-state index is -2.88. The molecule has 1 aromatic carbocycles. The van der Waals surface area contributed by atoms with Crippen molar-refractivity contribution in [1.29, 1.82) is 0 Å². The summed E-state index contributed by atoms with van der Waals surface area (Å²) in [6, 6.07) is 8.98. The molecule has 114 valence electrons. The van der Waals surface area contributed by atoms with Gasteiger partial charge in [-0.25, -0.2) is 0 Å². The Balaban J connectivity index is 0.00000110. The van der Waals surface area contributed by atoms with E-state index in [0.717, 1.165) is 0 Å². The van der Waals surface area contributed by atoms with E-state index in [1.807, 2.05) is 0 Å². The third kappa shape index (κ3) is 2.98. The Kier molecular flexibility index (Phi) is 6.12. The second-order valence-corrected chi connectivity index (χ2v) is 34.8. The Labute approximate surface area is 143 Å². The summed E-state index contributed by atoms with van der Waals surface area (Å²) in [5.41, 5.74) is 3.03. The first-order valence-electron chi connectivity index (χ1n) is 7.24. The van der Waals surface area contributed by atoms with Gasteiger partial charge in [-0.3, -0.25) is 0 Å². The van der Waals surface area contributed by atoms with E-state index in [1.54, 1.807) is 8.84 Å². The summed E-state index contributed by atoms with van der Waals surface area (Å²) in [7, 11) is 0. The van der Waals surface area contributed by atoms with E-state index < -0.39 is 17.4 Å². The van der Waals surface area contributed by atoms with Gasteiger partial charge in [0.1, 0.15) is 0 Å². The Morgan fingerprint density at radius 3 is 2.57 bits per heavy atom. The molecule has 0 aromatic heterocycles. The number of benzene rings is 1. The molecule has 3 rings (SSSR count).